The second-order valence-corrected chi connectivity index (χ2v) is 5.04. The molecule has 2 aromatic rings. The molecule has 0 aliphatic rings. The predicted molar refractivity (Wildman–Crippen MR) is 104 cm³/mol. The van der Waals surface area contributed by atoms with Gasteiger partial charge in [-0.15, -0.1) is 0 Å². The van der Waals surface area contributed by atoms with Crippen LogP contribution in [0.1, 0.15) is 53.5 Å². The van der Waals surface area contributed by atoms with Crippen molar-refractivity contribution in [3.8, 4) is 22.9 Å². The summed E-state index contributed by atoms with van der Waals surface area (Å²) in [7, 11) is 0. The van der Waals surface area contributed by atoms with Crippen molar-refractivity contribution in [2.75, 3.05) is 6.61 Å². The first-order chi connectivity index (χ1) is 11.7. The molecule has 0 aliphatic carbocycles. The van der Waals surface area contributed by atoms with Gasteiger partial charge in [-0.3, -0.25) is 0 Å². The quantitative estimate of drug-likeness (QED) is 0.612. The van der Waals surface area contributed by atoms with Gasteiger partial charge in [0.1, 0.15) is 5.75 Å². The first-order valence-corrected chi connectivity index (χ1v) is 8.96. The molecule has 1 unspecified atom stereocenters. The molecule has 2 rings (SSSR count). The lowest BCUT2D eigenvalue weighted by molar-refractivity contribution is 0.256. The van der Waals surface area contributed by atoms with E-state index < -0.39 is 0 Å². The number of nitrogens with zero attached hydrogens (tertiary/aromatic N) is 1. The Kier molecular flexibility index (Phi) is 11.9. The molecule has 2 heteroatoms. The standard InChI is InChI=1S/C18H19NO.2C2H6/c1-3-14(2)13-20-18-10-8-17(9-11-18)16-6-4-15(12-19)5-7-16;2*1-2/h4-11,14H,3,13H2,1-2H3;2*1-2H3. The van der Waals surface area contributed by atoms with Crippen LogP contribution in [-0.4, -0.2) is 6.61 Å². The second-order valence-electron chi connectivity index (χ2n) is 5.04. The molecule has 0 amide bonds. The molecule has 1 atom stereocenters. The maximum atomic E-state index is 8.79. The van der Waals surface area contributed by atoms with E-state index in [1.807, 2.05) is 76.2 Å². The van der Waals surface area contributed by atoms with E-state index >= 15 is 0 Å². The van der Waals surface area contributed by atoms with Crippen LogP contribution in [0.3, 0.4) is 0 Å². The number of hydrogen-bond donors (Lipinski definition) is 0. The fourth-order valence-electron chi connectivity index (χ4n) is 1.84. The fourth-order valence-corrected chi connectivity index (χ4v) is 1.84. The Hall–Kier alpha value is -2.27. The van der Waals surface area contributed by atoms with Crippen LogP contribution < -0.4 is 4.74 Å². The number of benzene rings is 2. The van der Waals surface area contributed by atoms with Crippen molar-refractivity contribution in [3.05, 3.63) is 54.1 Å². The van der Waals surface area contributed by atoms with Gasteiger partial charge >= 0.3 is 0 Å². The van der Waals surface area contributed by atoms with E-state index in [9.17, 15) is 0 Å². The molecule has 0 saturated heterocycles. The summed E-state index contributed by atoms with van der Waals surface area (Å²) in [5, 5.41) is 8.79. The molecule has 0 aromatic heterocycles. The lowest BCUT2D eigenvalue weighted by Gasteiger charge is -2.11. The summed E-state index contributed by atoms with van der Waals surface area (Å²) >= 11 is 0. The average Bonchev–Trinajstić information content (AvgIpc) is 2.69. The van der Waals surface area contributed by atoms with Gasteiger partial charge in [0.2, 0.25) is 0 Å². The Morgan fingerprint density at radius 3 is 1.75 bits per heavy atom. The fraction of sp³-hybridized carbons (Fsp3) is 0.409. The van der Waals surface area contributed by atoms with Crippen LogP contribution >= 0.6 is 0 Å². The molecular formula is C22H31NO. The number of nitriles is 1. The van der Waals surface area contributed by atoms with Crippen LogP contribution in [0.25, 0.3) is 11.1 Å². The van der Waals surface area contributed by atoms with Crippen molar-refractivity contribution in [3.63, 3.8) is 0 Å². The minimum absolute atomic E-state index is 0.577. The van der Waals surface area contributed by atoms with E-state index in [1.54, 1.807) is 0 Å². The molecule has 0 spiro atoms. The van der Waals surface area contributed by atoms with Crippen molar-refractivity contribution in [2.24, 2.45) is 5.92 Å². The number of hydrogen-bond acceptors (Lipinski definition) is 2. The normalized spacial score (nSPS) is 10.2. The summed E-state index contributed by atoms with van der Waals surface area (Å²) in [5.74, 6) is 1.48. The highest BCUT2D eigenvalue weighted by Crippen LogP contribution is 2.23. The van der Waals surface area contributed by atoms with Crippen molar-refractivity contribution in [1.82, 2.24) is 0 Å². The first-order valence-electron chi connectivity index (χ1n) is 8.96. The molecular weight excluding hydrogens is 294 g/mol. The average molecular weight is 325 g/mol. The van der Waals surface area contributed by atoms with Crippen LogP contribution in [0.4, 0.5) is 0 Å². The van der Waals surface area contributed by atoms with Crippen molar-refractivity contribution >= 4 is 0 Å². The molecule has 130 valence electrons. The van der Waals surface area contributed by atoms with Gasteiger partial charge < -0.3 is 4.74 Å². The molecule has 2 nitrogen and oxygen atoms in total. The topological polar surface area (TPSA) is 33.0 Å². The van der Waals surface area contributed by atoms with E-state index in [0.29, 0.717) is 11.5 Å². The predicted octanol–water partition coefficient (Wildman–Crippen LogP) is 6.70. The Bertz CT molecular complexity index is 579. The van der Waals surface area contributed by atoms with Gasteiger partial charge in [0.15, 0.2) is 0 Å². The minimum Gasteiger partial charge on any atom is -0.493 e. The van der Waals surface area contributed by atoms with Gasteiger partial charge in [0.25, 0.3) is 0 Å². The Labute approximate surface area is 148 Å². The summed E-state index contributed by atoms with van der Waals surface area (Å²) in [5.41, 5.74) is 2.92. The van der Waals surface area contributed by atoms with E-state index in [-0.39, 0.29) is 0 Å². The zero-order valence-corrected chi connectivity index (χ0v) is 16.0. The zero-order chi connectivity index (χ0) is 18.4. The van der Waals surface area contributed by atoms with Crippen LogP contribution in [0.5, 0.6) is 5.75 Å². The maximum Gasteiger partial charge on any atom is 0.119 e. The minimum atomic E-state index is 0.577. The van der Waals surface area contributed by atoms with Crippen LogP contribution in [0.15, 0.2) is 48.5 Å². The van der Waals surface area contributed by atoms with Gasteiger partial charge in [0.05, 0.1) is 18.2 Å². The third-order valence-corrected chi connectivity index (χ3v) is 3.43. The molecule has 0 bridgehead atoms. The molecule has 24 heavy (non-hydrogen) atoms. The Balaban J connectivity index is 0.00000123. The third-order valence-electron chi connectivity index (χ3n) is 3.43. The summed E-state index contributed by atoms with van der Waals surface area (Å²) in [6.45, 7) is 13.1. The van der Waals surface area contributed by atoms with Gasteiger partial charge in [-0.25, -0.2) is 0 Å². The highest BCUT2D eigenvalue weighted by Gasteiger charge is 2.02. The molecule has 0 saturated carbocycles. The molecule has 0 radical (unpaired) electrons. The monoisotopic (exact) mass is 325 g/mol. The zero-order valence-electron chi connectivity index (χ0n) is 16.0. The SMILES string of the molecule is CC.CC.CCC(C)COc1ccc(-c2ccc(C#N)cc2)cc1. The van der Waals surface area contributed by atoms with Crippen molar-refractivity contribution < 1.29 is 4.74 Å². The van der Waals surface area contributed by atoms with Crippen LogP contribution in [-0.2, 0) is 0 Å². The van der Waals surface area contributed by atoms with E-state index in [2.05, 4.69) is 19.9 Å². The lowest BCUT2D eigenvalue weighted by Crippen LogP contribution is -2.06. The van der Waals surface area contributed by atoms with Crippen molar-refractivity contribution in [1.29, 1.82) is 5.26 Å². The summed E-state index contributed by atoms with van der Waals surface area (Å²) in [6.07, 6.45) is 1.13. The Morgan fingerprint density at radius 1 is 0.875 bits per heavy atom. The largest absolute Gasteiger partial charge is 0.493 e. The molecule has 0 fully saturated rings. The summed E-state index contributed by atoms with van der Waals surface area (Å²) in [4.78, 5) is 0. The number of ether oxygens (including phenoxy) is 1. The van der Waals surface area contributed by atoms with Gasteiger partial charge in [-0.05, 0) is 41.3 Å². The first kappa shape index (κ1) is 21.7. The molecule has 0 N–H and O–H groups in total. The highest BCUT2D eigenvalue weighted by molar-refractivity contribution is 5.64. The Morgan fingerprint density at radius 2 is 1.33 bits per heavy atom. The van der Waals surface area contributed by atoms with Crippen LogP contribution in [0.2, 0.25) is 0 Å². The maximum absolute atomic E-state index is 8.79. The highest BCUT2D eigenvalue weighted by atomic mass is 16.5. The van der Waals surface area contributed by atoms with Gasteiger partial charge in [0, 0.05) is 0 Å². The van der Waals surface area contributed by atoms with E-state index in [1.165, 1.54) is 0 Å². The van der Waals surface area contributed by atoms with Crippen LogP contribution in [0, 0.1) is 17.2 Å². The van der Waals surface area contributed by atoms with Gasteiger partial charge in [-0.1, -0.05) is 72.2 Å². The number of rotatable bonds is 5. The molecule has 0 aliphatic heterocycles. The van der Waals surface area contributed by atoms with E-state index in [4.69, 9.17) is 10.00 Å². The van der Waals surface area contributed by atoms with Crippen molar-refractivity contribution in [2.45, 2.75) is 48.0 Å². The second kappa shape index (κ2) is 13.2. The summed E-state index contributed by atoms with van der Waals surface area (Å²) < 4.78 is 5.74. The lowest BCUT2D eigenvalue weighted by atomic mass is 10.0. The molecule has 0 heterocycles. The third kappa shape index (κ3) is 7.33. The molecule has 2 aromatic carbocycles. The smallest absolute Gasteiger partial charge is 0.119 e. The van der Waals surface area contributed by atoms with Gasteiger partial charge in [-0.2, -0.15) is 5.26 Å². The van der Waals surface area contributed by atoms with E-state index in [0.717, 1.165) is 29.9 Å². The summed E-state index contributed by atoms with van der Waals surface area (Å²) in [6, 6.07) is 17.8.